The van der Waals surface area contributed by atoms with Gasteiger partial charge in [-0.05, 0) is 47.0 Å². The number of aryl methyl sites for hydroxylation is 1. The third-order valence-electron chi connectivity index (χ3n) is 5.40. The molecule has 0 saturated heterocycles. The van der Waals surface area contributed by atoms with Gasteiger partial charge in [-0.3, -0.25) is 10.1 Å². The van der Waals surface area contributed by atoms with Gasteiger partial charge in [0.2, 0.25) is 0 Å². The quantitative estimate of drug-likeness (QED) is 0.418. The first-order valence-corrected chi connectivity index (χ1v) is 11.4. The number of pyridine rings is 1. The standard InChI is InChI=1S/C23H32N8O2/c1-14-11-19(31-30-14)28-18-13-17-20(25-10-9-24-17)21(29-18)26-15-7-5-6-8-16(12-15)27-22(32)33-23(2,3)4/h9-11,13,15-16H,5-8,12H2,1-4H3,(H,27,32)(H3,26,28,29,30,31). The lowest BCUT2D eigenvalue weighted by Crippen LogP contribution is -2.41. The van der Waals surface area contributed by atoms with Gasteiger partial charge < -0.3 is 20.7 Å². The maximum atomic E-state index is 12.3. The summed E-state index contributed by atoms with van der Waals surface area (Å²) in [4.78, 5) is 26.0. The molecule has 2 unspecified atom stereocenters. The molecule has 0 aliphatic heterocycles. The van der Waals surface area contributed by atoms with Crippen molar-refractivity contribution in [2.75, 3.05) is 10.6 Å². The maximum Gasteiger partial charge on any atom is 0.407 e. The summed E-state index contributed by atoms with van der Waals surface area (Å²) in [5.41, 5.74) is 1.89. The smallest absolute Gasteiger partial charge is 0.407 e. The number of alkyl carbamates (subject to hydrolysis) is 1. The molecule has 4 rings (SSSR count). The number of nitrogens with zero attached hydrogens (tertiary/aromatic N) is 4. The molecule has 3 heterocycles. The Morgan fingerprint density at radius 1 is 1.09 bits per heavy atom. The van der Waals surface area contributed by atoms with Crippen molar-refractivity contribution >= 4 is 34.6 Å². The molecule has 1 aliphatic carbocycles. The van der Waals surface area contributed by atoms with Crippen LogP contribution < -0.4 is 16.0 Å². The van der Waals surface area contributed by atoms with Crippen LogP contribution in [0.5, 0.6) is 0 Å². The van der Waals surface area contributed by atoms with Crippen LogP contribution in [0, 0.1) is 6.92 Å². The molecule has 3 aromatic heterocycles. The van der Waals surface area contributed by atoms with Gasteiger partial charge in [-0.1, -0.05) is 12.8 Å². The number of fused-ring (bicyclic) bond motifs is 1. The van der Waals surface area contributed by atoms with Crippen molar-refractivity contribution < 1.29 is 9.53 Å². The molecular weight excluding hydrogens is 420 g/mol. The highest BCUT2D eigenvalue weighted by molar-refractivity contribution is 5.88. The van der Waals surface area contributed by atoms with Crippen molar-refractivity contribution in [2.45, 2.75) is 77.5 Å². The number of hydrogen-bond donors (Lipinski definition) is 4. The number of amides is 1. The first-order valence-electron chi connectivity index (χ1n) is 11.4. The zero-order chi connectivity index (χ0) is 23.4. The van der Waals surface area contributed by atoms with Crippen molar-refractivity contribution in [3.63, 3.8) is 0 Å². The van der Waals surface area contributed by atoms with Gasteiger partial charge in [-0.15, -0.1) is 0 Å². The first-order chi connectivity index (χ1) is 15.7. The van der Waals surface area contributed by atoms with Crippen molar-refractivity contribution in [1.82, 2.24) is 30.5 Å². The van der Waals surface area contributed by atoms with E-state index in [-0.39, 0.29) is 18.2 Å². The van der Waals surface area contributed by atoms with E-state index in [1.807, 2.05) is 39.8 Å². The second kappa shape index (κ2) is 9.60. The molecule has 10 nitrogen and oxygen atoms in total. The summed E-state index contributed by atoms with van der Waals surface area (Å²) < 4.78 is 5.45. The van der Waals surface area contributed by atoms with E-state index in [1.165, 1.54) is 0 Å². The van der Waals surface area contributed by atoms with E-state index in [0.29, 0.717) is 23.0 Å². The zero-order valence-corrected chi connectivity index (χ0v) is 19.6. The molecule has 1 amide bonds. The molecule has 1 fully saturated rings. The third kappa shape index (κ3) is 6.30. The van der Waals surface area contributed by atoms with Gasteiger partial charge >= 0.3 is 6.09 Å². The summed E-state index contributed by atoms with van der Waals surface area (Å²) in [7, 11) is 0. The van der Waals surface area contributed by atoms with Crippen LogP contribution in [-0.2, 0) is 4.74 Å². The molecule has 10 heteroatoms. The number of rotatable bonds is 5. The van der Waals surface area contributed by atoms with Gasteiger partial charge in [0, 0.05) is 42.3 Å². The Labute approximate surface area is 193 Å². The van der Waals surface area contributed by atoms with E-state index >= 15 is 0 Å². The minimum Gasteiger partial charge on any atom is -0.444 e. The molecule has 4 N–H and O–H groups in total. The Kier molecular flexibility index (Phi) is 6.62. The minimum absolute atomic E-state index is 0.0329. The minimum atomic E-state index is -0.520. The lowest BCUT2D eigenvalue weighted by molar-refractivity contribution is 0.0499. The maximum absolute atomic E-state index is 12.3. The normalized spacial score (nSPS) is 19.0. The van der Waals surface area contributed by atoms with E-state index in [1.54, 1.807) is 12.4 Å². The van der Waals surface area contributed by atoms with E-state index < -0.39 is 5.60 Å². The number of aromatic amines is 1. The van der Waals surface area contributed by atoms with Crippen LogP contribution >= 0.6 is 0 Å². The van der Waals surface area contributed by atoms with Gasteiger partial charge in [0.05, 0.1) is 5.52 Å². The monoisotopic (exact) mass is 452 g/mol. The molecule has 0 spiro atoms. The van der Waals surface area contributed by atoms with E-state index in [0.717, 1.165) is 43.3 Å². The van der Waals surface area contributed by atoms with Gasteiger partial charge in [-0.25, -0.2) is 14.8 Å². The van der Waals surface area contributed by atoms with Crippen LogP contribution in [0.4, 0.5) is 22.2 Å². The summed E-state index contributed by atoms with van der Waals surface area (Å²) in [6, 6.07) is 3.93. The fraction of sp³-hybridized carbons (Fsp3) is 0.522. The summed E-state index contributed by atoms with van der Waals surface area (Å²) in [6.45, 7) is 7.55. The Bertz CT molecular complexity index is 1110. The Morgan fingerprint density at radius 3 is 2.58 bits per heavy atom. The van der Waals surface area contributed by atoms with Crippen LogP contribution in [0.15, 0.2) is 24.5 Å². The largest absolute Gasteiger partial charge is 0.444 e. The van der Waals surface area contributed by atoms with Crippen LogP contribution in [0.25, 0.3) is 11.0 Å². The molecular formula is C23H32N8O2. The van der Waals surface area contributed by atoms with Crippen LogP contribution in [0.1, 0.15) is 58.6 Å². The third-order valence-corrected chi connectivity index (χ3v) is 5.40. The highest BCUT2D eigenvalue weighted by Gasteiger charge is 2.25. The number of carbonyl (C=O) groups is 1. The molecule has 3 aromatic rings. The predicted molar refractivity (Wildman–Crippen MR) is 128 cm³/mol. The number of H-pyrrole nitrogens is 1. The Morgan fingerprint density at radius 2 is 1.85 bits per heavy atom. The van der Waals surface area contributed by atoms with Crippen molar-refractivity contribution in [1.29, 1.82) is 0 Å². The molecule has 1 saturated carbocycles. The van der Waals surface area contributed by atoms with Crippen LogP contribution in [-0.4, -0.2) is 48.9 Å². The fourth-order valence-corrected chi connectivity index (χ4v) is 4.04. The summed E-state index contributed by atoms with van der Waals surface area (Å²) in [5.74, 6) is 1.98. The van der Waals surface area contributed by atoms with Crippen molar-refractivity contribution in [3.05, 3.63) is 30.2 Å². The molecule has 176 valence electrons. The highest BCUT2D eigenvalue weighted by Crippen LogP contribution is 2.27. The van der Waals surface area contributed by atoms with Gasteiger partial charge in [0.1, 0.15) is 16.9 Å². The molecule has 0 bridgehead atoms. The number of nitrogens with one attached hydrogen (secondary N) is 4. The first kappa shape index (κ1) is 22.8. The predicted octanol–water partition coefficient (Wildman–Crippen LogP) is 4.44. The lowest BCUT2D eigenvalue weighted by Gasteiger charge is -2.25. The Balaban J connectivity index is 1.52. The highest BCUT2D eigenvalue weighted by atomic mass is 16.6. The average molecular weight is 453 g/mol. The summed E-state index contributed by atoms with van der Waals surface area (Å²) in [6.07, 6.45) is 7.75. The average Bonchev–Trinajstić information content (AvgIpc) is 3.01. The lowest BCUT2D eigenvalue weighted by atomic mass is 10.1. The van der Waals surface area contributed by atoms with E-state index in [2.05, 4.69) is 36.1 Å². The van der Waals surface area contributed by atoms with Gasteiger partial charge in [0.25, 0.3) is 0 Å². The second-order valence-electron chi connectivity index (χ2n) is 9.55. The molecule has 0 radical (unpaired) electrons. The second-order valence-corrected chi connectivity index (χ2v) is 9.55. The SMILES string of the molecule is Cc1cc(Nc2cc3nccnc3c(NC3CCCCC(NC(=O)OC(C)(C)C)C3)n2)n[nH]1. The Hall–Kier alpha value is -3.43. The van der Waals surface area contributed by atoms with Crippen molar-refractivity contribution in [2.24, 2.45) is 0 Å². The van der Waals surface area contributed by atoms with Crippen molar-refractivity contribution in [3.8, 4) is 0 Å². The molecule has 1 aliphatic rings. The molecule has 0 aromatic carbocycles. The molecule has 2 atom stereocenters. The number of aromatic nitrogens is 5. The summed E-state index contributed by atoms with van der Waals surface area (Å²) in [5, 5.41) is 17.0. The van der Waals surface area contributed by atoms with Crippen LogP contribution in [0.2, 0.25) is 0 Å². The fourth-order valence-electron chi connectivity index (χ4n) is 4.04. The topological polar surface area (TPSA) is 130 Å². The summed E-state index contributed by atoms with van der Waals surface area (Å²) >= 11 is 0. The number of anilines is 3. The number of carbonyl (C=O) groups excluding carboxylic acids is 1. The molecule has 33 heavy (non-hydrogen) atoms. The van der Waals surface area contributed by atoms with E-state index in [9.17, 15) is 4.79 Å². The van der Waals surface area contributed by atoms with Crippen LogP contribution in [0.3, 0.4) is 0 Å². The van der Waals surface area contributed by atoms with Gasteiger partial charge in [-0.2, -0.15) is 5.10 Å². The zero-order valence-electron chi connectivity index (χ0n) is 19.6. The number of ether oxygens (including phenoxy) is 1. The van der Waals surface area contributed by atoms with Gasteiger partial charge in [0.15, 0.2) is 11.6 Å². The van der Waals surface area contributed by atoms with E-state index in [4.69, 9.17) is 9.72 Å². The number of hydrogen-bond acceptors (Lipinski definition) is 8.